The molecule has 0 unspecified atom stereocenters. The largest absolute Gasteiger partial charge is 0.352 e. The standard InChI is InChI=1S/C29H30Cl4N2O2S/c1-3-19(2)34-29(37)27(13-20-7-5-4-6-8-20)35(16-21-9-11-23(30)14-25(21)32)28(36)18-38-17-22-10-12-24(31)15-26(22)33/h4-12,14-15,19,27H,3,13,16-18H2,1-2H3,(H,34,37)/t19-,27+/m1/s1. The summed E-state index contributed by atoms with van der Waals surface area (Å²) >= 11 is 26.4. The molecule has 0 spiro atoms. The van der Waals surface area contributed by atoms with Crippen molar-refractivity contribution in [1.29, 1.82) is 0 Å². The lowest BCUT2D eigenvalue weighted by molar-refractivity contribution is -0.139. The highest BCUT2D eigenvalue weighted by Gasteiger charge is 2.31. The summed E-state index contributed by atoms with van der Waals surface area (Å²) in [5, 5.41) is 5.12. The van der Waals surface area contributed by atoms with Crippen LogP contribution in [-0.2, 0) is 28.3 Å². The van der Waals surface area contributed by atoms with Crippen molar-refractivity contribution < 1.29 is 9.59 Å². The predicted octanol–water partition coefficient (Wildman–Crippen LogP) is 8.09. The number of benzene rings is 3. The van der Waals surface area contributed by atoms with Crippen molar-refractivity contribution in [3.63, 3.8) is 0 Å². The van der Waals surface area contributed by atoms with E-state index in [0.717, 1.165) is 17.5 Å². The molecule has 0 fully saturated rings. The van der Waals surface area contributed by atoms with Gasteiger partial charge in [-0.3, -0.25) is 9.59 Å². The van der Waals surface area contributed by atoms with Crippen LogP contribution in [0, 0.1) is 0 Å². The quantitative estimate of drug-likeness (QED) is 0.225. The molecular weight excluding hydrogens is 582 g/mol. The zero-order valence-corrected chi connectivity index (χ0v) is 25.1. The smallest absolute Gasteiger partial charge is 0.243 e. The van der Waals surface area contributed by atoms with Crippen molar-refractivity contribution in [2.75, 3.05) is 5.75 Å². The van der Waals surface area contributed by atoms with Gasteiger partial charge in [-0.25, -0.2) is 0 Å². The zero-order chi connectivity index (χ0) is 27.7. The Morgan fingerprint density at radius 1 is 0.895 bits per heavy atom. The summed E-state index contributed by atoms with van der Waals surface area (Å²) in [6.07, 6.45) is 1.15. The van der Waals surface area contributed by atoms with E-state index in [4.69, 9.17) is 46.4 Å². The topological polar surface area (TPSA) is 49.4 Å². The molecule has 0 heterocycles. The van der Waals surface area contributed by atoms with E-state index in [-0.39, 0.29) is 30.2 Å². The van der Waals surface area contributed by atoms with Crippen molar-refractivity contribution in [2.24, 2.45) is 0 Å². The Morgan fingerprint density at radius 3 is 2.08 bits per heavy atom. The molecule has 4 nitrogen and oxygen atoms in total. The minimum atomic E-state index is -0.731. The van der Waals surface area contributed by atoms with Crippen molar-refractivity contribution in [2.45, 2.75) is 51.1 Å². The minimum Gasteiger partial charge on any atom is -0.352 e. The predicted molar refractivity (Wildman–Crippen MR) is 161 cm³/mol. The molecular formula is C29H30Cl4N2O2S. The number of halogens is 4. The fraction of sp³-hybridized carbons (Fsp3) is 0.310. The van der Waals surface area contributed by atoms with Gasteiger partial charge in [0.05, 0.1) is 5.75 Å². The monoisotopic (exact) mass is 610 g/mol. The van der Waals surface area contributed by atoms with Crippen LogP contribution >= 0.6 is 58.2 Å². The Labute approximate surface area is 249 Å². The number of nitrogens with zero attached hydrogens (tertiary/aromatic N) is 1. The second kappa shape index (κ2) is 15.0. The molecule has 0 saturated heterocycles. The molecule has 3 aromatic rings. The Hall–Kier alpha value is -1.89. The van der Waals surface area contributed by atoms with Crippen molar-refractivity contribution >= 4 is 70.0 Å². The van der Waals surface area contributed by atoms with E-state index < -0.39 is 6.04 Å². The van der Waals surface area contributed by atoms with Crippen molar-refractivity contribution in [3.05, 3.63) is 104 Å². The molecule has 0 aliphatic rings. The van der Waals surface area contributed by atoms with Gasteiger partial charge in [-0.1, -0.05) is 95.8 Å². The molecule has 202 valence electrons. The lowest BCUT2D eigenvalue weighted by Gasteiger charge is -2.32. The number of amides is 2. The van der Waals surface area contributed by atoms with Crippen LogP contribution in [0.3, 0.4) is 0 Å². The molecule has 3 aromatic carbocycles. The second-order valence-electron chi connectivity index (χ2n) is 9.01. The molecule has 1 N–H and O–H groups in total. The second-order valence-corrected chi connectivity index (χ2v) is 11.7. The van der Waals surface area contributed by atoms with Crippen LogP contribution in [0.25, 0.3) is 0 Å². The first kappa shape index (κ1) is 30.6. The summed E-state index contributed by atoms with van der Waals surface area (Å²) in [4.78, 5) is 28.9. The average Bonchev–Trinajstić information content (AvgIpc) is 2.88. The number of carbonyl (C=O) groups excluding carboxylic acids is 2. The first-order valence-corrected chi connectivity index (χ1v) is 14.9. The molecule has 0 aliphatic heterocycles. The molecule has 3 rings (SSSR count). The highest BCUT2D eigenvalue weighted by Crippen LogP contribution is 2.27. The van der Waals surface area contributed by atoms with Gasteiger partial charge in [0.2, 0.25) is 11.8 Å². The molecule has 0 saturated carbocycles. The Bertz CT molecular complexity index is 1240. The lowest BCUT2D eigenvalue weighted by Crippen LogP contribution is -2.52. The lowest BCUT2D eigenvalue weighted by atomic mass is 10.0. The maximum absolute atomic E-state index is 13.7. The fourth-order valence-electron chi connectivity index (χ4n) is 3.80. The molecule has 2 amide bonds. The average molecular weight is 612 g/mol. The molecule has 0 radical (unpaired) electrons. The van der Waals surface area contributed by atoms with E-state index in [2.05, 4.69) is 5.32 Å². The molecule has 9 heteroatoms. The SMILES string of the molecule is CC[C@@H](C)NC(=O)[C@H](Cc1ccccc1)N(Cc1ccc(Cl)cc1Cl)C(=O)CSCc1ccc(Cl)cc1Cl. The summed E-state index contributed by atoms with van der Waals surface area (Å²) in [7, 11) is 0. The zero-order valence-electron chi connectivity index (χ0n) is 21.2. The van der Waals surface area contributed by atoms with Crippen LogP contribution < -0.4 is 5.32 Å². The third-order valence-corrected chi connectivity index (χ3v) is 8.27. The maximum Gasteiger partial charge on any atom is 0.243 e. The van der Waals surface area contributed by atoms with Gasteiger partial charge >= 0.3 is 0 Å². The number of rotatable bonds is 12. The van der Waals surface area contributed by atoms with E-state index >= 15 is 0 Å². The van der Waals surface area contributed by atoms with Gasteiger partial charge in [-0.05, 0) is 54.3 Å². The van der Waals surface area contributed by atoms with Crippen LogP contribution in [-0.4, -0.2) is 34.6 Å². The van der Waals surface area contributed by atoms with Crippen molar-refractivity contribution in [3.8, 4) is 0 Å². The van der Waals surface area contributed by atoms with Gasteiger partial charge in [0.1, 0.15) is 6.04 Å². The fourth-order valence-corrected chi connectivity index (χ4v) is 5.74. The maximum atomic E-state index is 13.7. The normalized spacial score (nSPS) is 12.6. The summed E-state index contributed by atoms with van der Waals surface area (Å²) in [6, 6.07) is 19.4. The molecule has 0 aromatic heterocycles. The molecule has 0 aliphatic carbocycles. The number of carbonyl (C=O) groups is 2. The summed E-state index contributed by atoms with van der Waals surface area (Å²) in [5.41, 5.74) is 2.55. The van der Waals surface area contributed by atoms with Gasteiger partial charge in [-0.15, -0.1) is 11.8 Å². The minimum absolute atomic E-state index is 0.0294. The Kier molecular flexibility index (Phi) is 12.1. The number of thioether (sulfide) groups is 1. The highest BCUT2D eigenvalue weighted by molar-refractivity contribution is 7.99. The molecule has 38 heavy (non-hydrogen) atoms. The first-order valence-electron chi connectivity index (χ1n) is 12.3. The van der Waals surface area contributed by atoms with E-state index in [1.807, 2.05) is 50.2 Å². The molecule has 0 bridgehead atoms. The Balaban J connectivity index is 1.89. The van der Waals surface area contributed by atoms with Gasteiger partial charge in [0.25, 0.3) is 0 Å². The van der Waals surface area contributed by atoms with Crippen LogP contribution in [0.15, 0.2) is 66.7 Å². The van der Waals surface area contributed by atoms with Gasteiger partial charge in [0.15, 0.2) is 0 Å². The van der Waals surface area contributed by atoms with Crippen LogP contribution in [0.2, 0.25) is 20.1 Å². The van der Waals surface area contributed by atoms with E-state index in [1.165, 1.54) is 11.8 Å². The van der Waals surface area contributed by atoms with Crippen LogP contribution in [0.4, 0.5) is 0 Å². The first-order chi connectivity index (χ1) is 18.2. The van der Waals surface area contributed by atoms with Gasteiger partial charge < -0.3 is 10.2 Å². The summed E-state index contributed by atoms with van der Waals surface area (Å²) in [5.74, 6) is 0.310. The third-order valence-electron chi connectivity index (χ3n) is 6.13. The number of nitrogens with one attached hydrogen (secondary N) is 1. The highest BCUT2D eigenvalue weighted by atomic mass is 35.5. The summed E-state index contributed by atoms with van der Waals surface area (Å²) < 4.78 is 0. The van der Waals surface area contributed by atoms with E-state index in [1.54, 1.807) is 35.2 Å². The molecule has 2 atom stereocenters. The number of hydrogen-bond donors (Lipinski definition) is 1. The van der Waals surface area contributed by atoms with Gasteiger partial charge in [0, 0.05) is 44.9 Å². The number of hydrogen-bond acceptors (Lipinski definition) is 3. The van der Waals surface area contributed by atoms with E-state index in [9.17, 15) is 9.59 Å². The van der Waals surface area contributed by atoms with Crippen molar-refractivity contribution in [1.82, 2.24) is 10.2 Å². The van der Waals surface area contributed by atoms with E-state index in [0.29, 0.717) is 37.8 Å². The van der Waals surface area contributed by atoms with Crippen LogP contribution in [0.5, 0.6) is 0 Å². The van der Waals surface area contributed by atoms with Crippen LogP contribution in [0.1, 0.15) is 37.0 Å². The van der Waals surface area contributed by atoms with Gasteiger partial charge in [-0.2, -0.15) is 0 Å². The Morgan fingerprint density at radius 2 is 1.50 bits per heavy atom. The summed E-state index contributed by atoms with van der Waals surface area (Å²) in [6.45, 7) is 4.13. The third kappa shape index (κ3) is 9.10.